The van der Waals surface area contributed by atoms with Gasteiger partial charge in [0.05, 0.1) is 0 Å². The van der Waals surface area contributed by atoms with Crippen molar-refractivity contribution >= 4 is 29.8 Å². The summed E-state index contributed by atoms with van der Waals surface area (Å²) < 4.78 is 143. The molecular formula is C21H24F9NO10. The highest BCUT2D eigenvalue weighted by Crippen LogP contribution is 2.54. The first-order valence-corrected chi connectivity index (χ1v) is 11.2. The molecule has 0 aromatic carbocycles. The van der Waals surface area contributed by atoms with Gasteiger partial charge in [0, 0.05) is 40.5 Å². The van der Waals surface area contributed by atoms with E-state index in [4.69, 9.17) is 23.7 Å². The van der Waals surface area contributed by atoms with Crippen molar-refractivity contribution in [2.24, 2.45) is 0 Å². The Morgan fingerprint density at radius 3 is 1.63 bits per heavy atom. The Morgan fingerprint density at radius 2 is 1.20 bits per heavy atom. The van der Waals surface area contributed by atoms with E-state index in [2.05, 4.69) is 0 Å². The molecule has 1 rings (SSSR count). The van der Waals surface area contributed by atoms with E-state index >= 15 is 0 Å². The van der Waals surface area contributed by atoms with Gasteiger partial charge in [-0.15, -0.1) is 0 Å². The highest BCUT2D eigenvalue weighted by molar-refractivity contribution is 5.77. The predicted molar refractivity (Wildman–Crippen MR) is 110 cm³/mol. The molecule has 1 saturated heterocycles. The Hall–Kier alpha value is -3.32. The summed E-state index contributed by atoms with van der Waals surface area (Å²) in [7, 11) is 0. The maximum Gasteiger partial charge on any atom is 0.460 e. The molecule has 41 heavy (non-hydrogen) atoms. The third kappa shape index (κ3) is 8.83. The molecule has 20 heteroatoms. The van der Waals surface area contributed by atoms with Crippen LogP contribution in [-0.4, -0.2) is 91.0 Å². The minimum atomic E-state index is -7.17. The van der Waals surface area contributed by atoms with Crippen LogP contribution in [0.15, 0.2) is 0 Å². The Morgan fingerprint density at radius 1 is 0.707 bits per heavy atom. The smallest absolute Gasteiger partial charge is 0.460 e. The molecule has 1 heterocycles. The number of amides is 1. The summed E-state index contributed by atoms with van der Waals surface area (Å²) in [4.78, 5) is 58.7. The van der Waals surface area contributed by atoms with Crippen LogP contribution >= 0.6 is 0 Å². The summed E-state index contributed by atoms with van der Waals surface area (Å²) >= 11 is 0. The molecule has 1 aliphatic rings. The fourth-order valence-electron chi connectivity index (χ4n) is 3.41. The lowest BCUT2D eigenvalue weighted by molar-refractivity contribution is -0.396. The molecule has 0 radical (unpaired) electrons. The van der Waals surface area contributed by atoms with Crippen LogP contribution in [0.2, 0.25) is 0 Å². The van der Waals surface area contributed by atoms with Crippen molar-refractivity contribution in [2.45, 2.75) is 95.1 Å². The number of hydrogen-bond donors (Lipinski definition) is 1. The van der Waals surface area contributed by atoms with Crippen LogP contribution in [-0.2, 0) is 47.7 Å². The van der Waals surface area contributed by atoms with Crippen LogP contribution in [0.1, 0.15) is 40.5 Å². The number of ether oxygens (including phenoxy) is 5. The normalized spacial score (nSPS) is 23.7. The Kier molecular flexibility index (Phi) is 11.4. The number of nitrogens with one attached hydrogen (secondary N) is 1. The van der Waals surface area contributed by atoms with Crippen molar-refractivity contribution in [1.29, 1.82) is 0 Å². The van der Waals surface area contributed by atoms with Crippen LogP contribution in [0.3, 0.4) is 0 Å². The fraction of sp³-hybridized carbons (Fsp3) is 0.762. The summed E-state index contributed by atoms with van der Waals surface area (Å²) in [5.74, 6) is -26.2. The van der Waals surface area contributed by atoms with Crippen molar-refractivity contribution in [3.8, 4) is 0 Å². The molecule has 1 aliphatic heterocycles. The number of hydrogen-bond acceptors (Lipinski definition) is 10. The summed E-state index contributed by atoms with van der Waals surface area (Å²) in [5, 5.41) is 1.81. The molecule has 0 aliphatic carbocycles. The van der Waals surface area contributed by atoms with E-state index in [0.29, 0.717) is 0 Å². The average molecular weight is 621 g/mol. The van der Waals surface area contributed by atoms with Gasteiger partial charge in [-0.2, -0.15) is 39.5 Å². The van der Waals surface area contributed by atoms with E-state index in [1.54, 1.807) is 5.32 Å². The number of halogens is 9. The maximum absolute atomic E-state index is 13.9. The molecule has 1 N–H and O–H groups in total. The van der Waals surface area contributed by atoms with E-state index in [1.807, 2.05) is 0 Å². The van der Waals surface area contributed by atoms with Gasteiger partial charge in [0.15, 0.2) is 12.2 Å². The molecule has 0 spiro atoms. The van der Waals surface area contributed by atoms with Gasteiger partial charge in [0.2, 0.25) is 12.2 Å². The summed E-state index contributed by atoms with van der Waals surface area (Å²) in [6, 6.07) is -1.97. The molecule has 1 unspecified atom stereocenters. The molecule has 5 atom stereocenters. The molecule has 1 amide bonds. The van der Waals surface area contributed by atoms with E-state index < -0.39 is 104 Å². The van der Waals surface area contributed by atoms with Gasteiger partial charge in [-0.3, -0.25) is 24.0 Å². The fourth-order valence-corrected chi connectivity index (χ4v) is 3.41. The summed E-state index contributed by atoms with van der Waals surface area (Å²) in [6.45, 7) is 2.72. The second kappa shape index (κ2) is 13.1. The van der Waals surface area contributed by atoms with Gasteiger partial charge >= 0.3 is 47.8 Å². The second-order valence-electron chi connectivity index (χ2n) is 8.55. The third-order valence-corrected chi connectivity index (χ3v) is 5.19. The topological polar surface area (TPSA) is 144 Å². The largest absolute Gasteiger partial charge is 0.463 e. The zero-order valence-electron chi connectivity index (χ0n) is 21.5. The van der Waals surface area contributed by atoms with Crippen LogP contribution in [0.4, 0.5) is 39.5 Å². The summed E-state index contributed by atoms with van der Waals surface area (Å²) in [6.07, 6.45) is -18.7. The van der Waals surface area contributed by atoms with E-state index in [0.717, 1.165) is 27.7 Å². The monoisotopic (exact) mass is 621 g/mol. The predicted octanol–water partition coefficient (Wildman–Crippen LogP) is 2.43. The Bertz CT molecular complexity index is 1000. The van der Waals surface area contributed by atoms with Crippen molar-refractivity contribution in [1.82, 2.24) is 5.32 Å². The van der Waals surface area contributed by atoms with Gasteiger partial charge < -0.3 is 29.0 Å². The van der Waals surface area contributed by atoms with Gasteiger partial charge in [-0.25, -0.2) is 0 Å². The van der Waals surface area contributed by atoms with Gasteiger partial charge in [0.25, 0.3) is 0 Å². The van der Waals surface area contributed by atoms with Crippen LogP contribution in [0.5, 0.6) is 0 Å². The molecular weight excluding hydrogens is 597 g/mol. The molecule has 1 fully saturated rings. The standard InChI is InChI=1S/C21H24F9NO10/c1-8(32)37-7-12-15(38-9(2)33)16(39-10(3)34)14(17(41-12)40-11(4)35)31-13(36)5-6-18(22,23)19(24,25)20(26,27)21(28,29)30/h12,14-17H,5-7H2,1-4H3,(H,31,36)/t12-,14-,15+,16+,17?/m0/s1. The first-order valence-electron chi connectivity index (χ1n) is 11.2. The molecule has 0 saturated carbocycles. The average Bonchev–Trinajstić information content (AvgIpc) is 2.78. The van der Waals surface area contributed by atoms with Crippen molar-refractivity contribution < 1.29 is 87.2 Å². The first-order chi connectivity index (χ1) is 18.4. The zero-order valence-corrected chi connectivity index (χ0v) is 21.5. The SMILES string of the molecule is CC(=O)OC[C@@H]1OC(OC(C)=O)[C@@H](NC(=O)CCC(F)(F)C(F)(F)C(F)(F)C(F)(F)F)[C@@H](OC(C)=O)[C@@H]1OC(C)=O. The highest BCUT2D eigenvalue weighted by atomic mass is 19.4. The van der Waals surface area contributed by atoms with Crippen LogP contribution in [0, 0.1) is 0 Å². The molecule has 0 bridgehead atoms. The second-order valence-corrected chi connectivity index (χ2v) is 8.55. The Labute approximate surface area is 224 Å². The maximum atomic E-state index is 13.9. The van der Waals surface area contributed by atoms with Crippen LogP contribution < -0.4 is 5.32 Å². The van der Waals surface area contributed by atoms with E-state index in [1.165, 1.54) is 0 Å². The molecule has 0 aromatic rings. The van der Waals surface area contributed by atoms with Gasteiger partial charge in [-0.1, -0.05) is 0 Å². The molecule has 11 nitrogen and oxygen atoms in total. The van der Waals surface area contributed by atoms with Crippen LogP contribution in [0.25, 0.3) is 0 Å². The lowest BCUT2D eigenvalue weighted by Gasteiger charge is -2.44. The van der Waals surface area contributed by atoms with E-state index in [-0.39, 0.29) is 0 Å². The number of rotatable bonds is 11. The number of esters is 4. The van der Waals surface area contributed by atoms with Gasteiger partial charge in [-0.05, 0) is 0 Å². The first kappa shape index (κ1) is 35.7. The quantitative estimate of drug-likeness (QED) is 0.208. The van der Waals surface area contributed by atoms with Crippen molar-refractivity contribution in [3.05, 3.63) is 0 Å². The lowest BCUT2D eigenvalue weighted by Crippen LogP contribution is -2.67. The van der Waals surface area contributed by atoms with Gasteiger partial charge in [0.1, 0.15) is 18.8 Å². The molecule has 0 aromatic heterocycles. The molecule has 236 valence electrons. The number of carbonyl (C=O) groups is 5. The van der Waals surface area contributed by atoms with Crippen molar-refractivity contribution in [2.75, 3.05) is 6.61 Å². The van der Waals surface area contributed by atoms with E-state index in [9.17, 15) is 63.5 Å². The lowest BCUT2D eigenvalue weighted by atomic mass is 9.95. The minimum absolute atomic E-state index is 0.724. The highest BCUT2D eigenvalue weighted by Gasteiger charge is 2.81. The van der Waals surface area contributed by atoms with Crippen molar-refractivity contribution in [3.63, 3.8) is 0 Å². The third-order valence-electron chi connectivity index (χ3n) is 5.19. The Balaban J connectivity index is 3.34. The summed E-state index contributed by atoms with van der Waals surface area (Å²) in [5.41, 5.74) is 0. The zero-order chi connectivity index (χ0) is 32.1. The minimum Gasteiger partial charge on any atom is -0.463 e. The number of alkyl halides is 9. The number of carbonyl (C=O) groups excluding carboxylic acids is 5.